The predicted octanol–water partition coefficient (Wildman–Crippen LogP) is 4.04. The van der Waals surface area contributed by atoms with Crippen LogP contribution in [0.15, 0.2) is 0 Å². The largest absolute Gasteiger partial charge is 0.481 e. The molecule has 4 nitrogen and oxygen atoms in total. The van der Waals surface area contributed by atoms with Gasteiger partial charge in [-0.3, -0.25) is 9.59 Å². The van der Waals surface area contributed by atoms with Crippen molar-refractivity contribution in [1.82, 2.24) is 0 Å². The Hall–Kier alpha value is -1.06. The first kappa shape index (κ1) is 18.9. The Kier molecular flexibility index (Phi) is 6.72. The average molecular weight is 286 g/mol. The molecule has 0 fully saturated rings. The summed E-state index contributed by atoms with van der Waals surface area (Å²) in [7, 11) is 0. The number of hydrogen-bond acceptors (Lipinski definition) is 2. The number of aliphatic carboxylic acids is 2. The highest BCUT2D eigenvalue weighted by Crippen LogP contribution is 2.38. The van der Waals surface area contributed by atoms with E-state index in [0.717, 1.165) is 6.42 Å². The van der Waals surface area contributed by atoms with E-state index >= 15 is 0 Å². The fourth-order valence-corrected chi connectivity index (χ4v) is 2.72. The van der Waals surface area contributed by atoms with Gasteiger partial charge in [-0.15, -0.1) is 0 Å². The molecule has 0 radical (unpaired) electrons. The monoisotopic (exact) mass is 286 g/mol. The molecule has 20 heavy (non-hydrogen) atoms. The van der Waals surface area contributed by atoms with Gasteiger partial charge in [-0.2, -0.15) is 0 Å². The maximum Gasteiger partial charge on any atom is 0.306 e. The lowest BCUT2D eigenvalue weighted by atomic mass is 9.71. The quantitative estimate of drug-likeness (QED) is 0.670. The van der Waals surface area contributed by atoms with E-state index in [0.29, 0.717) is 19.3 Å². The summed E-state index contributed by atoms with van der Waals surface area (Å²) in [6, 6.07) is 0. The molecule has 0 saturated heterocycles. The Bertz CT molecular complexity index is 344. The summed E-state index contributed by atoms with van der Waals surface area (Å²) >= 11 is 0. The van der Waals surface area contributed by atoms with Crippen LogP contribution in [-0.4, -0.2) is 22.2 Å². The van der Waals surface area contributed by atoms with E-state index in [9.17, 15) is 14.7 Å². The lowest BCUT2D eigenvalue weighted by Crippen LogP contribution is -2.29. The highest BCUT2D eigenvalue weighted by molar-refractivity contribution is 5.70. The van der Waals surface area contributed by atoms with E-state index in [-0.39, 0.29) is 10.8 Å². The van der Waals surface area contributed by atoms with Crippen LogP contribution in [0.5, 0.6) is 0 Å². The van der Waals surface area contributed by atoms with Crippen molar-refractivity contribution < 1.29 is 19.8 Å². The molecule has 0 aliphatic rings. The van der Waals surface area contributed by atoms with Crippen molar-refractivity contribution in [3.63, 3.8) is 0 Å². The van der Waals surface area contributed by atoms with E-state index < -0.39 is 23.8 Å². The molecular formula is C16H30O4. The number of carboxylic acids is 2. The van der Waals surface area contributed by atoms with Crippen LogP contribution in [0.3, 0.4) is 0 Å². The summed E-state index contributed by atoms with van der Waals surface area (Å²) in [5.74, 6) is -2.46. The molecule has 2 unspecified atom stereocenters. The van der Waals surface area contributed by atoms with Gasteiger partial charge in [0.1, 0.15) is 0 Å². The van der Waals surface area contributed by atoms with Crippen LogP contribution in [0.1, 0.15) is 67.2 Å². The molecule has 0 spiro atoms. The molecule has 0 aliphatic heterocycles. The molecule has 0 aromatic rings. The van der Waals surface area contributed by atoms with E-state index in [1.807, 2.05) is 13.8 Å². The summed E-state index contributed by atoms with van der Waals surface area (Å²) in [5, 5.41) is 18.4. The van der Waals surface area contributed by atoms with Gasteiger partial charge in [-0.05, 0) is 30.1 Å². The van der Waals surface area contributed by atoms with Crippen molar-refractivity contribution in [2.75, 3.05) is 0 Å². The second kappa shape index (κ2) is 7.09. The molecule has 0 saturated carbocycles. The van der Waals surface area contributed by atoms with Gasteiger partial charge in [0, 0.05) is 0 Å². The van der Waals surface area contributed by atoms with Crippen molar-refractivity contribution >= 4 is 11.9 Å². The van der Waals surface area contributed by atoms with Gasteiger partial charge in [0.25, 0.3) is 0 Å². The zero-order valence-corrected chi connectivity index (χ0v) is 13.7. The first-order valence-corrected chi connectivity index (χ1v) is 7.36. The molecule has 4 heteroatoms. The van der Waals surface area contributed by atoms with E-state index in [4.69, 9.17) is 5.11 Å². The zero-order valence-electron chi connectivity index (χ0n) is 13.7. The van der Waals surface area contributed by atoms with Gasteiger partial charge in [-0.1, -0.05) is 48.0 Å². The van der Waals surface area contributed by atoms with E-state index in [1.165, 1.54) is 0 Å². The smallest absolute Gasteiger partial charge is 0.306 e. The Labute approximate surface area is 122 Å². The average Bonchev–Trinajstić information content (AvgIpc) is 2.26. The topological polar surface area (TPSA) is 74.6 Å². The molecule has 0 aliphatic carbocycles. The number of hydrogen-bond donors (Lipinski definition) is 2. The fourth-order valence-electron chi connectivity index (χ4n) is 2.72. The minimum Gasteiger partial charge on any atom is -0.481 e. The summed E-state index contributed by atoms with van der Waals surface area (Å²) in [4.78, 5) is 22.4. The highest BCUT2D eigenvalue weighted by atomic mass is 16.4. The Morgan fingerprint density at radius 1 is 0.900 bits per heavy atom. The van der Waals surface area contributed by atoms with Crippen LogP contribution in [0.25, 0.3) is 0 Å². The van der Waals surface area contributed by atoms with Crippen LogP contribution in [0.2, 0.25) is 0 Å². The molecule has 0 heterocycles. The summed E-state index contributed by atoms with van der Waals surface area (Å²) < 4.78 is 0. The number of rotatable bonds is 9. The first-order chi connectivity index (χ1) is 8.90. The van der Waals surface area contributed by atoms with Gasteiger partial charge in [-0.25, -0.2) is 0 Å². The summed E-state index contributed by atoms with van der Waals surface area (Å²) in [6.45, 7) is 11.8. The SMILES string of the molecule is CCC(C)(C)CC(CC(C)(C)CC(C)C(=O)O)C(=O)O. The third-order valence-corrected chi connectivity index (χ3v) is 4.18. The van der Waals surface area contributed by atoms with Crippen LogP contribution in [0.4, 0.5) is 0 Å². The molecule has 0 aromatic heterocycles. The second-order valence-corrected chi connectivity index (χ2v) is 7.57. The Morgan fingerprint density at radius 2 is 1.35 bits per heavy atom. The van der Waals surface area contributed by atoms with Crippen molar-refractivity contribution in [1.29, 1.82) is 0 Å². The first-order valence-electron chi connectivity index (χ1n) is 7.36. The molecule has 0 aromatic carbocycles. The second-order valence-electron chi connectivity index (χ2n) is 7.57. The standard InChI is InChI=1S/C16H30O4/c1-7-15(3,4)9-12(14(19)20)10-16(5,6)8-11(2)13(17)18/h11-12H,7-10H2,1-6H3,(H,17,18)(H,19,20). The van der Waals surface area contributed by atoms with Gasteiger partial charge < -0.3 is 10.2 Å². The van der Waals surface area contributed by atoms with Gasteiger partial charge in [0.2, 0.25) is 0 Å². The lowest BCUT2D eigenvalue weighted by molar-refractivity contribution is -0.144. The van der Waals surface area contributed by atoms with E-state index in [2.05, 4.69) is 20.8 Å². The molecule has 2 N–H and O–H groups in total. The maximum atomic E-state index is 11.5. The fraction of sp³-hybridized carbons (Fsp3) is 0.875. The van der Waals surface area contributed by atoms with Crippen molar-refractivity contribution in [3.8, 4) is 0 Å². The molecule has 0 rings (SSSR count). The predicted molar refractivity (Wildman–Crippen MR) is 79.6 cm³/mol. The number of carboxylic acid groups (broad SMARTS) is 2. The van der Waals surface area contributed by atoms with Gasteiger partial charge >= 0.3 is 11.9 Å². The molecule has 0 bridgehead atoms. The zero-order chi connectivity index (χ0) is 16.1. The lowest BCUT2D eigenvalue weighted by Gasteiger charge is -2.33. The highest BCUT2D eigenvalue weighted by Gasteiger charge is 2.33. The number of carbonyl (C=O) groups is 2. The summed E-state index contributed by atoms with van der Waals surface area (Å²) in [5.41, 5.74) is -0.289. The van der Waals surface area contributed by atoms with E-state index in [1.54, 1.807) is 6.92 Å². The molecule has 2 atom stereocenters. The van der Waals surface area contributed by atoms with Crippen molar-refractivity contribution in [3.05, 3.63) is 0 Å². The van der Waals surface area contributed by atoms with Crippen LogP contribution in [-0.2, 0) is 9.59 Å². The maximum absolute atomic E-state index is 11.5. The molecular weight excluding hydrogens is 256 g/mol. The van der Waals surface area contributed by atoms with Crippen molar-refractivity contribution in [2.45, 2.75) is 67.2 Å². The third-order valence-electron chi connectivity index (χ3n) is 4.18. The third kappa shape index (κ3) is 6.92. The minimum absolute atomic E-state index is 0.00243. The molecule has 118 valence electrons. The van der Waals surface area contributed by atoms with Crippen LogP contribution >= 0.6 is 0 Å². The summed E-state index contributed by atoms with van der Waals surface area (Å²) in [6.07, 6.45) is 2.58. The normalized spacial score (nSPS) is 15.7. The van der Waals surface area contributed by atoms with Gasteiger partial charge in [0.15, 0.2) is 0 Å². The van der Waals surface area contributed by atoms with Crippen LogP contribution in [0, 0.1) is 22.7 Å². The Balaban J connectivity index is 4.81. The Morgan fingerprint density at radius 3 is 1.70 bits per heavy atom. The van der Waals surface area contributed by atoms with Gasteiger partial charge in [0.05, 0.1) is 11.8 Å². The van der Waals surface area contributed by atoms with Crippen molar-refractivity contribution in [2.24, 2.45) is 22.7 Å². The minimum atomic E-state index is -0.821. The van der Waals surface area contributed by atoms with Crippen LogP contribution < -0.4 is 0 Å². The molecule has 0 amide bonds.